The van der Waals surface area contributed by atoms with Crippen LogP contribution in [0, 0.1) is 0 Å². The highest BCUT2D eigenvalue weighted by Gasteiger charge is 2.18. The van der Waals surface area contributed by atoms with Crippen LogP contribution in [0.5, 0.6) is 0 Å². The van der Waals surface area contributed by atoms with E-state index in [1.807, 2.05) is 0 Å². The Kier molecular flexibility index (Phi) is 7.16. The summed E-state index contributed by atoms with van der Waals surface area (Å²) in [7, 11) is 4.57. The van der Waals surface area contributed by atoms with Crippen LogP contribution in [0.1, 0.15) is 16.9 Å². The predicted molar refractivity (Wildman–Crippen MR) is 78.1 cm³/mol. The molecule has 1 aromatic heterocycles. The van der Waals surface area contributed by atoms with Crippen molar-refractivity contribution in [3.63, 3.8) is 0 Å². The molecule has 0 aromatic carbocycles. The Bertz CT molecular complexity index is 570. The van der Waals surface area contributed by atoms with Gasteiger partial charge in [0, 0.05) is 44.2 Å². The minimum atomic E-state index is -3.84. The van der Waals surface area contributed by atoms with Gasteiger partial charge in [-0.1, -0.05) is 0 Å². The molecule has 0 saturated heterocycles. The van der Waals surface area contributed by atoms with Crippen LogP contribution in [0.4, 0.5) is 0 Å². The van der Waals surface area contributed by atoms with Gasteiger partial charge in [0.25, 0.3) is 15.0 Å². The van der Waals surface area contributed by atoms with Crippen molar-refractivity contribution in [2.24, 2.45) is 7.05 Å². The topological polar surface area (TPSA) is 86.6 Å². The predicted octanol–water partition coefficient (Wildman–Crippen LogP) is 0.735. The first-order valence-electron chi connectivity index (χ1n) is 6.32. The minimum Gasteiger partial charge on any atom is -0.382 e. The van der Waals surface area contributed by atoms with Crippen LogP contribution in [0.3, 0.4) is 0 Å². The molecule has 21 heavy (non-hydrogen) atoms. The summed E-state index contributed by atoms with van der Waals surface area (Å²) in [6, 6.07) is 1.24. The molecule has 1 aromatic rings. The summed E-state index contributed by atoms with van der Waals surface area (Å²) in [6.45, 7) is 1.99. The van der Waals surface area contributed by atoms with Gasteiger partial charge >= 0.3 is 0 Å². The van der Waals surface area contributed by atoms with Gasteiger partial charge in [-0.15, -0.1) is 0 Å². The summed E-state index contributed by atoms with van der Waals surface area (Å²) >= 11 is 0. The standard InChI is InChI=1S/C12H19ClN2O5S/c1-15-9-10(21(13,17)18)8-11(15)12(16)14-4-3-5-20-7-6-19-2/h8-9H,3-7H2,1-2H3,(H,14,16). The maximum atomic E-state index is 11.9. The molecule has 1 rings (SSSR count). The maximum Gasteiger partial charge on any atom is 0.267 e. The fraction of sp³-hybridized carbons (Fsp3) is 0.583. The second-order valence-corrected chi connectivity index (χ2v) is 6.89. The average Bonchev–Trinajstić information content (AvgIpc) is 2.79. The molecule has 1 N–H and O–H groups in total. The zero-order chi connectivity index (χ0) is 15.9. The third-order valence-corrected chi connectivity index (χ3v) is 4.00. The van der Waals surface area contributed by atoms with E-state index in [0.717, 1.165) is 0 Å². The van der Waals surface area contributed by atoms with Crippen LogP contribution >= 0.6 is 10.7 Å². The molecule has 120 valence electrons. The smallest absolute Gasteiger partial charge is 0.267 e. The molecule has 1 amide bonds. The number of hydrogen-bond acceptors (Lipinski definition) is 5. The van der Waals surface area contributed by atoms with Crippen LogP contribution in [-0.2, 0) is 25.6 Å². The van der Waals surface area contributed by atoms with E-state index in [1.54, 1.807) is 14.2 Å². The molecule has 0 aliphatic carbocycles. The van der Waals surface area contributed by atoms with Crippen molar-refractivity contribution in [2.45, 2.75) is 11.3 Å². The molecule has 7 nitrogen and oxygen atoms in total. The van der Waals surface area contributed by atoms with Crippen molar-refractivity contribution in [1.29, 1.82) is 0 Å². The van der Waals surface area contributed by atoms with Crippen molar-refractivity contribution in [1.82, 2.24) is 9.88 Å². The normalized spacial score (nSPS) is 11.6. The molecule has 1 heterocycles. The van der Waals surface area contributed by atoms with Gasteiger partial charge in [-0.25, -0.2) is 8.42 Å². The summed E-state index contributed by atoms with van der Waals surface area (Å²) in [5.41, 5.74) is 0.231. The number of hydrogen-bond donors (Lipinski definition) is 1. The Morgan fingerprint density at radius 2 is 2.10 bits per heavy atom. The number of halogens is 1. The van der Waals surface area contributed by atoms with Gasteiger partial charge in [-0.2, -0.15) is 0 Å². The highest BCUT2D eigenvalue weighted by molar-refractivity contribution is 8.13. The number of methoxy groups -OCH3 is 1. The lowest BCUT2D eigenvalue weighted by Gasteiger charge is -2.06. The molecule has 0 radical (unpaired) electrons. The summed E-state index contributed by atoms with van der Waals surface area (Å²) < 4.78 is 33.9. The van der Waals surface area contributed by atoms with Crippen molar-refractivity contribution in [3.05, 3.63) is 18.0 Å². The first-order chi connectivity index (χ1) is 9.86. The molecule has 9 heteroatoms. The number of carbonyl (C=O) groups is 1. The Morgan fingerprint density at radius 1 is 1.38 bits per heavy atom. The van der Waals surface area contributed by atoms with Crippen LogP contribution in [0.25, 0.3) is 0 Å². The van der Waals surface area contributed by atoms with Gasteiger partial charge in [0.15, 0.2) is 0 Å². The zero-order valence-corrected chi connectivity index (χ0v) is 13.5. The highest BCUT2D eigenvalue weighted by Crippen LogP contribution is 2.17. The number of nitrogens with one attached hydrogen (secondary N) is 1. The van der Waals surface area contributed by atoms with Crippen molar-refractivity contribution in [3.8, 4) is 0 Å². The first-order valence-corrected chi connectivity index (χ1v) is 8.63. The highest BCUT2D eigenvalue weighted by atomic mass is 35.7. The fourth-order valence-corrected chi connectivity index (χ4v) is 2.39. The van der Waals surface area contributed by atoms with Crippen molar-refractivity contribution >= 4 is 25.6 Å². The van der Waals surface area contributed by atoms with E-state index in [0.29, 0.717) is 32.8 Å². The van der Waals surface area contributed by atoms with Crippen molar-refractivity contribution < 1.29 is 22.7 Å². The molecule has 0 unspecified atom stereocenters. The third-order valence-electron chi connectivity index (χ3n) is 2.68. The van der Waals surface area contributed by atoms with Gasteiger partial charge in [0.05, 0.1) is 13.2 Å². The van der Waals surface area contributed by atoms with E-state index >= 15 is 0 Å². The average molecular weight is 339 g/mol. The van der Waals surface area contributed by atoms with Gasteiger partial charge in [0.2, 0.25) is 0 Å². The molecule has 0 spiro atoms. The molecular weight excluding hydrogens is 320 g/mol. The number of amides is 1. The minimum absolute atomic E-state index is 0.0975. The molecule has 0 fully saturated rings. The number of aromatic nitrogens is 1. The number of rotatable bonds is 9. The van der Waals surface area contributed by atoms with Crippen LogP contribution in [-0.4, -0.2) is 52.4 Å². The molecule has 0 aliphatic rings. The van der Waals surface area contributed by atoms with Gasteiger partial charge in [-0.3, -0.25) is 4.79 Å². The SMILES string of the molecule is COCCOCCCNC(=O)c1cc(S(=O)(=O)Cl)cn1C. The van der Waals surface area contributed by atoms with Gasteiger partial charge < -0.3 is 19.4 Å². The Balaban J connectivity index is 2.41. The number of nitrogens with zero attached hydrogens (tertiary/aromatic N) is 1. The zero-order valence-electron chi connectivity index (χ0n) is 12.0. The number of carbonyl (C=O) groups excluding carboxylic acids is 1. The molecule has 0 bridgehead atoms. The van der Waals surface area contributed by atoms with Crippen LogP contribution in [0.2, 0.25) is 0 Å². The van der Waals surface area contributed by atoms with E-state index in [9.17, 15) is 13.2 Å². The first kappa shape index (κ1) is 18.0. The van der Waals surface area contributed by atoms with E-state index in [4.69, 9.17) is 20.2 Å². The Morgan fingerprint density at radius 3 is 2.67 bits per heavy atom. The third kappa shape index (κ3) is 6.04. The second kappa shape index (κ2) is 8.38. The van der Waals surface area contributed by atoms with E-state index in [-0.39, 0.29) is 16.5 Å². The van der Waals surface area contributed by atoms with Crippen LogP contribution in [0.15, 0.2) is 17.2 Å². The van der Waals surface area contributed by atoms with E-state index in [2.05, 4.69) is 5.32 Å². The van der Waals surface area contributed by atoms with E-state index in [1.165, 1.54) is 16.8 Å². The molecular formula is C12H19ClN2O5S. The van der Waals surface area contributed by atoms with Gasteiger partial charge in [0.1, 0.15) is 10.6 Å². The lowest BCUT2D eigenvalue weighted by molar-refractivity contribution is 0.0688. The monoisotopic (exact) mass is 338 g/mol. The van der Waals surface area contributed by atoms with Crippen molar-refractivity contribution in [2.75, 3.05) is 33.5 Å². The molecule has 0 saturated carbocycles. The Labute approximate surface area is 128 Å². The number of ether oxygens (including phenoxy) is 2. The fourth-order valence-electron chi connectivity index (χ4n) is 1.60. The maximum absolute atomic E-state index is 11.9. The summed E-state index contributed by atoms with van der Waals surface area (Å²) in [5.74, 6) is -0.360. The van der Waals surface area contributed by atoms with Crippen LogP contribution < -0.4 is 5.32 Å². The molecule has 0 atom stereocenters. The van der Waals surface area contributed by atoms with Gasteiger partial charge in [-0.05, 0) is 12.5 Å². The summed E-state index contributed by atoms with van der Waals surface area (Å²) in [5, 5.41) is 2.69. The lowest BCUT2D eigenvalue weighted by atomic mass is 10.3. The summed E-state index contributed by atoms with van der Waals surface area (Å²) in [4.78, 5) is 11.8. The second-order valence-electron chi connectivity index (χ2n) is 4.32. The van der Waals surface area contributed by atoms with E-state index < -0.39 is 9.05 Å². The largest absolute Gasteiger partial charge is 0.382 e. The Hall–Kier alpha value is -1.09. The summed E-state index contributed by atoms with van der Waals surface area (Å²) in [6.07, 6.45) is 1.95. The number of aryl methyl sites for hydroxylation is 1. The quantitative estimate of drug-likeness (QED) is 0.530. The lowest BCUT2D eigenvalue weighted by Crippen LogP contribution is -2.27. The molecule has 0 aliphatic heterocycles.